The summed E-state index contributed by atoms with van der Waals surface area (Å²) >= 11 is 3.35. The summed E-state index contributed by atoms with van der Waals surface area (Å²) in [6.45, 7) is 1.54. The second-order valence-electron chi connectivity index (χ2n) is 3.25. The summed E-state index contributed by atoms with van der Waals surface area (Å²) in [5.41, 5.74) is 0. The lowest BCUT2D eigenvalue weighted by Gasteiger charge is -2.23. The Morgan fingerprint density at radius 3 is 3.21 bits per heavy atom. The third kappa shape index (κ3) is 2.45. The molecule has 76 valence electrons. The van der Waals surface area contributed by atoms with E-state index < -0.39 is 0 Å². The van der Waals surface area contributed by atoms with Crippen LogP contribution in [0, 0.1) is 0 Å². The van der Waals surface area contributed by atoms with E-state index in [2.05, 4.69) is 20.9 Å². The smallest absolute Gasteiger partial charge is 0.152 e. The maximum atomic E-state index is 5.75. The van der Waals surface area contributed by atoms with E-state index >= 15 is 0 Å². The first-order chi connectivity index (χ1) is 6.86. The Morgan fingerprint density at radius 1 is 1.57 bits per heavy atom. The van der Waals surface area contributed by atoms with Crippen LogP contribution in [0.3, 0.4) is 0 Å². The number of nitrogens with zero attached hydrogens (tertiary/aromatic N) is 1. The zero-order valence-corrected chi connectivity index (χ0v) is 9.37. The zero-order valence-electron chi connectivity index (χ0n) is 7.78. The van der Waals surface area contributed by atoms with Gasteiger partial charge in [-0.15, -0.1) is 0 Å². The van der Waals surface area contributed by atoms with Gasteiger partial charge in [0, 0.05) is 12.8 Å². The summed E-state index contributed by atoms with van der Waals surface area (Å²) < 4.78 is 11.8. The van der Waals surface area contributed by atoms with Crippen molar-refractivity contribution in [3.63, 3.8) is 0 Å². The van der Waals surface area contributed by atoms with Crippen LogP contribution in [0.15, 0.2) is 22.9 Å². The molecule has 0 spiro atoms. The largest absolute Gasteiger partial charge is 0.485 e. The predicted molar refractivity (Wildman–Crippen MR) is 56.4 cm³/mol. The third-order valence-corrected chi connectivity index (χ3v) is 2.73. The Bertz CT molecular complexity index is 300. The maximum Gasteiger partial charge on any atom is 0.152 e. The van der Waals surface area contributed by atoms with Gasteiger partial charge in [-0.05, 0) is 40.9 Å². The van der Waals surface area contributed by atoms with Crippen molar-refractivity contribution in [3.8, 4) is 5.75 Å². The van der Waals surface area contributed by atoms with E-state index in [9.17, 15) is 0 Å². The highest BCUT2D eigenvalue weighted by atomic mass is 79.9. The number of hydrogen-bond donors (Lipinski definition) is 0. The number of hydrogen-bond acceptors (Lipinski definition) is 3. The summed E-state index contributed by atoms with van der Waals surface area (Å²) in [5.74, 6) is 0.794. The lowest BCUT2D eigenvalue weighted by Crippen LogP contribution is -2.28. The van der Waals surface area contributed by atoms with Gasteiger partial charge in [0.05, 0.1) is 6.61 Å². The molecular formula is C10H12BrNO2. The molecule has 0 amide bonds. The maximum absolute atomic E-state index is 5.75. The van der Waals surface area contributed by atoms with Crippen LogP contribution in [0.25, 0.3) is 0 Å². The van der Waals surface area contributed by atoms with E-state index in [-0.39, 0.29) is 6.10 Å². The van der Waals surface area contributed by atoms with Crippen LogP contribution in [0.5, 0.6) is 5.75 Å². The lowest BCUT2D eigenvalue weighted by molar-refractivity contribution is 0.00693. The van der Waals surface area contributed by atoms with Gasteiger partial charge >= 0.3 is 0 Å². The van der Waals surface area contributed by atoms with Crippen LogP contribution in [0.4, 0.5) is 0 Å². The van der Waals surface area contributed by atoms with Crippen molar-refractivity contribution in [2.75, 3.05) is 13.2 Å². The first kappa shape index (κ1) is 9.93. The highest BCUT2D eigenvalue weighted by Gasteiger charge is 2.16. The molecule has 0 aromatic carbocycles. The molecule has 1 unspecified atom stereocenters. The normalized spacial score (nSPS) is 21.9. The van der Waals surface area contributed by atoms with Crippen molar-refractivity contribution in [1.82, 2.24) is 4.98 Å². The van der Waals surface area contributed by atoms with E-state index in [0.29, 0.717) is 6.61 Å². The molecule has 2 rings (SSSR count). The molecule has 2 heterocycles. The molecule has 0 bridgehead atoms. The summed E-state index contributed by atoms with van der Waals surface area (Å²) in [7, 11) is 0. The average molecular weight is 258 g/mol. The predicted octanol–water partition coefficient (Wildman–Crippen LogP) is 2.40. The highest BCUT2D eigenvalue weighted by molar-refractivity contribution is 9.10. The molecule has 1 aliphatic rings. The SMILES string of the molecule is Brc1ncccc1OC1CCCOC1. The summed E-state index contributed by atoms with van der Waals surface area (Å²) in [5, 5.41) is 0. The standard InChI is InChI=1S/C10H12BrNO2/c11-10-9(4-1-5-12-10)14-8-3-2-6-13-7-8/h1,4-5,8H,2-3,6-7H2. The van der Waals surface area contributed by atoms with Gasteiger partial charge < -0.3 is 9.47 Å². The lowest BCUT2D eigenvalue weighted by atomic mass is 10.2. The van der Waals surface area contributed by atoms with Crippen LogP contribution in [-0.2, 0) is 4.74 Å². The third-order valence-electron chi connectivity index (χ3n) is 2.14. The Labute approximate surface area is 91.6 Å². The van der Waals surface area contributed by atoms with E-state index in [1.54, 1.807) is 6.20 Å². The van der Waals surface area contributed by atoms with Crippen molar-refractivity contribution in [2.45, 2.75) is 18.9 Å². The van der Waals surface area contributed by atoms with Gasteiger partial charge in [-0.3, -0.25) is 0 Å². The monoisotopic (exact) mass is 257 g/mol. The van der Waals surface area contributed by atoms with E-state index in [1.807, 2.05) is 12.1 Å². The molecule has 1 aliphatic heterocycles. The molecule has 0 N–H and O–H groups in total. The quantitative estimate of drug-likeness (QED) is 0.763. The number of ether oxygens (including phenoxy) is 2. The first-order valence-electron chi connectivity index (χ1n) is 4.71. The molecule has 1 atom stereocenters. The molecule has 1 aromatic heterocycles. The van der Waals surface area contributed by atoms with Crippen LogP contribution < -0.4 is 4.74 Å². The van der Waals surface area contributed by atoms with Gasteiger partial charge in [-0.1, -0.05) is 0 Å². The Kier molecular flexibility index (Phi) is 3.37. The van der Waals surface area contributed by atoms with Crippen molar-refractivity contribution < 1.29 is 9.47 Å². The van der Waals surface area contributed by atoms with Crippen LogP contribution in [-0.4, -0.2) is 24.3 Å². The Morgan fingerprint density at radius 2 is 2.50 bits per heavy atom. The summed E-state index contributed by atoms with van der Waals surface area (Å²) in [4.78, 5) is 4.10. The van der Waals surface area contributed by atoms with Gasteiger partial charge in [-0.2, -0.15) is 0 Å². The molecule has 0 aliphatic carbocycles. The van der Waals surface area contributed by atoms with Gasteiger partial charge in [0.25, 0.3) is 0 Å². The molecule has 1 saturated heterocycles. The fourth-order valence-corrected chi connectivity index (χ4v) is 1.79. The van der Waals surface area contributed by atoms with E-state index in [0.717, 1.165) is 29.8 Å². The summed E-state index contributed by atoms with van der Waals surface area (Å²) in [6.07, 6.45) is 4.03. The average Bonchev–Trinajstić information content (AvgIpc) is 2.23. The van der Waals surface area contributed by atoms with Gasteiger partial charge in [0.15, 0.2) is 5.75 Å². The second-order valence-corrected chi connectivity index (χ2v) is 4.00. The van der Waals surface area contributed by atoms with Gasteiger partial charge in [0.1, 0.15) is 10.7 Å². The number of halogens is 1. The molecule has 0 saturated carbocycles. The number of rotatable bonds is 2. The molecule has 0 radical (unpaired) electrons. The number of aromatic nitrogens is 1. The molecule has 14 heavy (non-hydrogen) atoms. The van der Waals surface area contributed by atoms with Crippen molar-refractivity contribution in [1.29, 1.82) is 0 Å². The Hall–Kier alpha value is -0.610. The minimum absolute atomic E-state index is 0.171. The molecular weight excluding hydrogens is 246 g/mol. The van der Waals surface area contributed by atoms with E-state index in [4.69, 9.17) is 9.47 Å². The molecule has 1 aromatic rings. The minimum Gasteiger partial charge on any atom is -0.485 e. The fourth-order valence-electron chi connectivity index (χ4n) is 1.44. The Balaban J connectivity index is 1.99. The zero-order chi connectivity index (χ0) is 9.80. The molecule has 4 heteroatoms. The van der Waals surface area contributed by atoms with Crippen LogP contribution in [0.1, 0.15) is 12.8 Å². The van der Waals surface area contributed by atoms with Gasteiger partial charge in [0.2, 0.25) is 0 Å². The molecule has 3 nitrogen and oxygen atoms in total. The minimum atomic E-state index is 0.171. The topological polar surface area (TPSA) is 31.4 Å². The second kappa shape index (κ2) is 4.75. The number of pyridine rings is 1. The fraction of sp³-hybridized carbons (Fsp3) is 0.500. The van der Waals surface area contributed by atoms with Crippen LogP contribution in [0.2, 0.25) is 0 Å². The highest BCUT2D eigenvalue weighted by Crippen LogP contribution is 2.24. The van der Waals surface area contributed by atoms with Crippen molar-refractivity contribution in [2.24, 2.45) is 0 Å². The van der Waals surface area contributed by atoms with Gasteiger partial charge in [-0.25, -0.2) is 4.98 Å². The summed E-state index contributed by atoms with van der Waals surface area (Å²) in [6, 6.07) is 3.77. The van der Waals surface area contributed by atoms with E-state index in [1.165, 1.54) is 0 Å². The first-order valence-corrected chi connectivity index (χ1v) is 5.50. The molecule has 1 fully saturated rings. The van der Waals surface area contributed by atoms with Crippen molar-refractivity contribution >= 4 is 15.9 Å². The van der Waals surface area contributed by atoms with Crippen LogP contribution >= 0.6 is 15.9 Å². The van der Waals surface area contributed by atoms with Crippen molar-refractivity contribution in [3.05, 3.63) is 22.9 Å².